The van der Waals surface area contributed by atoms with E-state index in [1.807, 2.05) is 19.1 Å². The van der Waals surface area contributed by atoms with Crippen molar-refractivity contribution in [3.05, 3.63) is 76.0 Å². The number of nitro groups is 1. The van der Waals surface area contributed by atoms with Gasteiger partial charge in [0.05, 0.1) is 10.3 Å². The Labute approximate surface area is 164 Å². The van der Waals surface area contributed by atoms with E-state index in [-0.39, 0.29) is 10.6 Å². The Morgan fingerprint density at radius 3 is 2.57 bits per heavy atom. The van der Waals surface area contributed by atoms with E-state index in [1.165, 1.54) is 5.56 Å². The summed E-state index contributed by atoms with van der Waals surface area (Å²) in [5, 5.41) is 16.4. The fraction of sp³-hybridized carbons (Fsp3) is 0.318. The molecule has 0 saturated carbocycles. The molecule has 6 heteroatoms. The van der Waals surface area contributed by atoms with Gasteiger partial charge < -0.3 is 5.32 Å². The molecule has 0 radical (unpaired) electrons. The molecule has 1 saturated heterocycles. The monoisotopic (exact) mass is 376 g/mol. The van der Waals surface area contributed by atoms with Crippen molar-refractivity contribution in [2.24, 2.45) is 0 Å². The molecule has 1 aliphatic heterocycles. The van der Waals surface area contributed by atoms with Crippen molar-refractivity contribution in [2.75, 3.05) is 18.4 Å². The zero-order chi connectivity index (χ0) is 19.5. The summed E-state index contributed by atoms with van der Waals surface area (Å²) in [5.74, 6) is 0.750. The molecule has 28 heavy (non-hydrogen) atoms. The van der Waals surface area contributed by atoms with Crippen LogP contribution in [0.4, 0.5) is 11.5 Å². The van der Waals surface area contributed by atoms with Crippen LogP contribution in [0.2, 0.25) is 0 Å². The molecule has 0 spiro atoms. The summed E-state index contributed by atoms with van der Waals surface area (Å²) in [6, 6.07) is 17.8. The van der Waals surface area contributed by atoms with Crippen molar-refractivity contribution in [3.63, 3.8) is 0 Å². The Hall–Kier alpha value is -2.99. The maximum absolute atomic E-state index is 11.4. The van der Waals surface area contributed by atoms with Gasteiger partial charge in [0.15, 0.2) is 0 Å². The Bertz CT molecular complexity index is 982. The van der Waals surface area contributed by atoms with Crippen molar-refractivity contribution < 1.29 is 4.92 Å². The number of likely N-dealkylation sites (tertiary alicyclic amines) is 1. The van der Waals surface area contributed by atoms with Crippen LogP contribution in [0.1, 0.15) is 24.1 Å². The lowest BCUT2D eigenvalue weighted by atomic mass is 10.0. The van der Waals surface area contributed by atoms with Gasteiger partial charge in [-0.1, -0.05) is 42.5 Å². The maximum atomic E-state index is 11.4. The van der Waals surface area contributed by atoms with E-state index >= 15 is 0 Å². The average molecular weight is 376 g/mol. The second kappa shape index (κ2) is 7.94. The number of piperidine rings is 1. The first-order chi connectivity index (χ1) is 13.6. The Kier molecular flexibility index (Phi) is 5.21. The van der Waals surface area contributed by atoms with Gasteiger partial charge in [0.2, 0.25) is 0 Å². The quantitative estimate of drug-likeness (QED) is 0.523. The molecule has 4 rings (SSSR count). The molecular weight excluding hydrogens is 352 g/mol. The highest BCUT2D eigenvalue weighted by Gasteiger charge is 2.21. The molecule has 1 N–H and O–H groups in total. The van der Waals surface area contributed by atoms with E-state index in [0.717, 1.165) is 49.4 Å². The lowest BCUT2D eigenvalue weighted by molar-refractivity contribution is -0.383. The maximum Gasteiger partial charge on any atom is 0.277 e. The molecular formula is C22H24N4O2. The number of hydrogen-bond acceptors (Lipinski definition) is 5. The molecule has 0 unspecified atom stereocenters. The van der Waals surface area contributed by atoms with Crippen LogP contribution in [0.25, 0.3) is 10.8 Å². The first-order valence-corrected chi connectivity index (χ1v) is 9.68. The van der Waals surface area contributed by atoms with Gasteiger partial charge in [0.1, 0.15) is 5.82 Å². The largest absolute Gasteiger partial charge is 0.367 e. The van der Waals surface area contributed by atoms with Gasteiger partial charge in [-0.25, -0.2) is 4.98 Å². The smallest absolute Gasteiger partial charge is 0.277 e. The van der Waals surface area contributed by atoms with Gasteiger partial charge in [-0.15, -0.1) is 0 Å². The first kappa shape index (κ1) is 18.4. The molecule has 2 aromatic carbocycles. The predicted octanol–water partition coefficient (Wildman–Crippen LogP) is 4.53. The van der Waals surface area contributed by atoms with E-state index in [0.29, 0.717) is 11.4 Å². The number of hydrogen-bond donors (Lipinski definition) is 1. The van der Waals surface area contributed by atoms with Crippen molar-refractivity contribution in [3.8, 4) is 0 Å². The van der Waals surface area contributed by atoms with Gasteiger partial charge >= 0.3 is 0 Å². The van der Waals surface area contributed by atoms with Crippen LogP contribution in [-0.2, 0) is 6.54 Å². The number of nitro benzene ring substituents is 1. The Morgan fingerprint density at radius 2 is 1.86 bits per heavy atom. The number of fused-ring (bicyclic) bond motifs is 1. The summed E-state index contributed by atoms with van der Waals surface area (Å²) in [6.07, 6.45) is 2.05. The SMILES string of the molecule is Cc1cc2c([N+](=O)[O-])cccc2c(NC2CCN(Cc3ccccc3)CC2)n1. The van der Waals surface area contributed by atoms with Crippen LogP contribution in [0.5, 0.6) is 0 Å². The van der Waals surface area contributed by atoms with Crippen LogP contribution in [0.15, 0.2) is 54.6 Å². The van der Waals surface area contributed by atoms with Gasteiger partial charge in [0, 0.05) is 42.8 Å². The topological polar surface area (TPSA) is 71.3 Å². The van der Waals surface area contributed by atoms with Crippen LogP contribution < -0.4 is 5.32 Å². The second-order valence-electron chi connectivity index (χ2n) is 7.42. The Balaban J connectivity index is 1.47. The molecule has 144 valence electrons. The van der Waals surface area contributed by atoms with Gasteiger partial charge in [-0.3, -0.25) is 15.0 Å². The summed E-state index contributed by atoms with van der Waals surface area (Å²) < 4.78 is 0. The lowest BCUT2D eigenvalue weighted by Crippen LogP contribution is -2.38. The van der Waals surface area contributed by atoms with Gasteiger partial charge in [-0.05, 0) is 31.4 Å². The lowest BCUT2D eigenvalue weighted by Gasteiger charge is -2.32. The molecule has 6 nitrogen and oxygen atoms in total. The summed E-state index contributed by atoms with van der Waals surface area (Å²) in [7, 11) is 0. The van der Waals surface area contributed by atoms with E-state index in [2.05, 4.69) is 39.5 Å². The highest BCUT2D eigenvalue weighted by Crippen LogP contribution is 2.31. The van der Waals surface area contributed by atoms with E-state index in [9.17, 15) is 10.1 Å². The minimum Gasteiger partial charge on any atom is -0.367 e. The van der Waals surface area contributed by atoms with Gasteiger partial charge in [-0.2, -0.15) is 0 Å². The molecule has 1 fully saturated rings. The number of nitrogens with zero attached hydrogens (tertiary/aromatic N) is 3. The third kappa shape index (κ3) is 3.97. The van der Waals surface area contributed by atoms with Crippen LogP contribution in [0.3, 0.4) is 0 Å². The predicted molar refractivity (Wildman–Crippen MR) is 111 cm³/mol. The first-order valence-electron chi connectivity index (χ1n) is 9.68. The number of pyridine rings is 1. The molecule has 0 amide bonds. The van der Waals surface area contributed by atoms with Crippen LogP contribution in [0, 0.1) is 17.0 Å². The standard InChI is InChI=1S/C22H24N4O2/c1-16-14-20-19(8-5-9-21(20)26(27)28)22(23-16)24-18-10-12-25(13-11-18)15-17-6-3-2-4-7-17/h2-9,14,18H,10-13,15H2,1H3,(H,23,24). The molecule has 0 aliphatic carbocycles. The minimum atomic E-state index is -0.326. The fourth-order valence-corrected chi connectivity index (χ4v) is 3.93. The second-order valence-corrected chi connectivity index (χ2v) is 7.42. The highest BCUT2D eigenvalue weighted by molar-refractivity contribution is 5.98. The molecule has 1 aliphatic rings. The molecule has 0 atom stereocenters. The summed E-state index contributed by atoms with van der Waals surface area (Å²) in [4.78, 5) is 18.2. The van der Waals surface area contributed by atoms with Crippen LogP contribution >= 0.6 is 0 Å². The number of aromatic nitrogens is 1. The molecule has 0 bridgehead atoms. The zero-order valence-electron chi connectivity index (χ0n) is 16.0. The highest BCUT2D eigenvalue weighted by atomic mass is 16.6. The van der Waals surface area contributed by atoms with E-state index in [4.69, 9.17) is 0 Å². The normalized spacial score (nSPS) is 15.6. The average Bonchev–Trinajstić information content (AvgIpc) is 2.69. The van der Waals surface area contributed by atoms with Crippen molar-refractivity contribution in [2.45, 2.75) is 32.4 Å². The van der Waals surface area contributed by atoms with E-state index < -0.39 is 0 Å². The molecule has 3 aromatic rings. The third-order valence-corrected chi connectivity index (χ3v) is 5.35. The molecule has 2 heterocycles. The summed E-state index contributed by atoms with van der Waals surface area (Å²) >= 11 is 0. The fourth-order valence-electron chi connectivity index (χ4n) is 3.93. The summed E-state index contributed by atoms with van der Waals surface area (Å²) in [6.45, 7) is 4.90. The number of non-ortho nitro benzene ring substituents is 1. The van der Waals surface area contributed by atoms with Crippen LogP contribution in [-0.4, -0.2) is 33.9 Å². The number of benzene rings is 2. The zero-order valence-corrected chi connectivity index (χ0v) is 16.0. The van der Waals surface area contributed by atoms with Gasteiger partial charge in [0.25, 0.3) is 5.69 Å². The number of aryl methyl sites for hydroxylation is 1. The summed E-state index contributed by atoms with van der Waals surface area (Å²) in [5.41, 5.74) is 2.25. The van der Waals surface area contributed by atoms with Crippen molar-refractivity contribution in [1.82, 2.24) is 9.88 Å². The number of nitrogens with one attached hydrogen (secondary N) is 1. The third-order valence-electron chi connectivity index (χ3n) is 5.35. The number of anilines is 1. The van der Waals surface area contributed by atoms with Crippen molar-refractivity contribution in [1.29, 1.82) is 0 Å². The molecule has 1 aromatic heterocycles. The van der Waals surface area contributed by atoms with E-state index in [1.54, 1.807) is 18.2 Å². The Morgan fingerprint density at radius 1 is 1.11 bits per heavy atom. The van der Waals surface area contributed by atoms with Crippen molar-refractivity contribution >= 4 is 22.3 Å². The minimum absolute atomic E-state index is 0.128. The number of rotatable bonds is 5.